The number of rotatable bonds is 6. The molecule has 1 fully saturated rings. The monoisotopic (exact) mass is 354 g/mol. The average Bonchev–Trinajstić information content (AvgIpc) is 3.47. The molecule has 1 aliphatic carbocycles. The quantitative estimate of drug-likeness (QED) is 0.797. The molecular formula is C20H22N2O2S. The highest BCUT2D eigenvalue weighted by Crippen LogP contribution is 2.30. The molecule has 0 atom stereocenters. The molecule has 0 spiro atoms. The Morgan fingerprint density at radius 2 is 1.72 bits per heavy atom. The van der Waals surface area contributed by atoms with Gasteiger partial charge in [0.25, 0.3) is 5.91 Å². The fourth-order valence-electron chi connectivity index (χ4n) is 2.58. The standard InChI is InChI=1S/C20H22N2O2S/c1-22(13-14-3-11-18(25-2)12-4-14)20(24)16-7-9-17(10-8-16)21-19(23)15-5-6-15/h3-4,7-12,15H,5-6,13H2,1-2H3,(H,21,23). The second-order valence-corrected chi connectivity index (χ2v) is 7.23. The first-order valence-electron chi connectivity index (χ1n) is 8.36. The van der Waals surface area contributed by atoms with Gasteiger partial charge in [0.2, 0.25) is 5.91 Å². The maximum Gasteiger partial charge on any atom is 0.253 e. The van der Waals surface area contributed by atoms with Crippen molar-refractivity contribution in [3.8, 4) is 0 Å². The van der Waals surface area contributed by atoms with Crippen LogP contribution in [0.1, 0.15) is 28.8 Å². The number of nitrogens with zero attached hydrogens (tertiary/aromatic N) is 1. The fourth-order valence-corrected chi connectivity index (χ4v) is 2.99. The molecule has 5 heteroatoms. The van der Waals surface area contributed by atoms with Crippen LogP contribution in [-0.4, -0.2) is 30.0 Å². The van der Waals surface area contributed by atoms with Gasteiger partial charge in [-0.3, -0.25) is 9.59 Å². The van der Waals surface area contributed by atoms with Crippen LogP contribution in [0.3, 0.4) is 0 Å². The molecule has 0 aromatic heterocycles. The van der Waals surface area contributed by atoms with Crippen molar-refractivity contribution in [3.63, 3.8) is 0 Å². The lowest BCUT2D eigenvalue weighted by Gasteiger charge is -2.18. The van der Waals surface area contributed by atoms with Crippen LogP contribution in [0.25, 0.3) is 0 Å². The van der Waals surface area contributed by atoms with Crippen LogP contribution in [0.5, 0.6) is 0 Å². The smallest absolute Gasteiger partial charge is 0.253 e. The third kappa shape index (κ3) is 4.63. The number of nitrogens with one attached hydrogen (secondary N) is 1. The van der Waals surface area contributed by atoms with E-state index in [9.17, 15) is 9.59 Å². The SMILES string of the molecule is CSc1ccc(CN(C)C(=O)c2ccc(NC(=O)C3CC3)cc2)cc1. The minimum Gasteiger partial charge on any atom is -0.337 e. The topological polar surface area (TPSA) is 49.4 Å². The average molecular weight is 354 g/mol. The van der Waals surface area contributed by atoms with Crippen molar-refractivity contribution in [2.24, 2.45) is 5.92 Å². The Balaban J connectivity index is 1.59. The number of carbonyl (C=O) groups excluding carboxylic acids is 2. The molecule has 3 rings (SSSR count). The first kappa shape index (κ1) is 17.5. The van der Waals surface area contributed by atoms with E-state index in [2.05, 4.69) is 17.4 Å². The summed E-state index contributed by atoms with van der Waals surface area (Å²) in [5, 5.41) is 2.88. The van der Waals surface area contributed by atoms with Crippen molar-refractivity contribution in [1.29, 1.82) is 0 Å². The van der Waals surface area contributed by atoms with Crippen LogP contribution in [0, 0.1) is 5.92 Å². The van der Waals surface area contributed by atoms with Crippen molar-refractivity contribution >= 4 is 29.3 Å². The lowest BCUT2D eigenvalue weighted by atomic mass is 10.1. The van der Waals surface area contributed by atoms with Crippen LogP contribution in [-0.2, 0) is 11.3 Å². The highest BCUT2D eigenvalue weighted by Gasteiger charge is 2.29. The molecule has 1 N–H and O–H groups in total. The number of hydrogen-bond acceptors (Lipinski definition) is 3. The summed E-state index contributed by atoms with van der Waals surface area (Å²) in [6.45, 7) is 0.563. The van der Waals surface area contributed by atoms with Crippen LogP contribution in [0.15, 0.2) is 53.4 Å². The Kier molecular flexibility index (Phi) is 5.43. The molecule has 2 aromatic carbocycles. The minimum atomic E-state index is -0.0333. The molecule has 2 aromatic rings. The van der Waals surface area contributed by atoms with Crippen molar-refractivity contribution in [2.75, 3.05) is 18.6 Å². The first-order chi connectivity index (χ1) is 12.1. The second-order valence-electron chi connectivity index (χ2n) is 6.35. The van der Waals surface area contributed by atoms with E-state index in [0.29, 0.717) is 12.1 Å². The van der Waals surface area contributed by atoms with E-state index >= 15 is 0 Å². The van der Waals surface area contributed by atoms with Gasteiger partial charge >= 0.3 is 0 Å². The van der Waals surface area contributed by atoms with Crippen molar-refractivity contribution in [3.05, 3.63) is 59.7 Å². The predicted octanol–water partition coefficient (Wildman–Crippen LogP) is 4.03. The molecule has 130 valence electrons. The zero-order valence-electron chi connectivity index (χ0n) is 14.5. The normalized spacial score (nSPS) is 13.4. The third-order valence-corrected chi connectivity index (χ3v) is 5.02. The molecule has 0 unspecified atom stereocenters. The van der Waals surface area contributed by atoms with Gasteiger partial charge in [0.05, 0.1) is 0 Å². The van der Waals surface area contributed by atoms with Crippen LogP contribution >= 0.6 is 11.8 Å². The molecule has 0 bridgehead atoms. The largest absolute Gasteiger partial charge is 0.337 e. The van der Waals surface area contributed by atoms with E-state index in [-0.39, 0.29) is 17.7 Å². The minimum absolute atomic E-state index is 0.0333. The summed E-state index contributed by atoms with van der Waals surface area (Å²) in [4.78, 5) is 27.2. The van der Waals surface area contributed by atoms with Gasteiger partial charge in [0, 0.05) is 35.7 Å². The van der Waals surface area contributed by atoms with Crippen LogP contribution < -0.4 is 5.32 Å². The lowest BCUT2D eigenvalue weighted by molar-refractivity contribution is -0.117. The van der Waals surface area contributed by atoms with Gasteiger partial charge in [0.15, 0.2) is 0 Å². The summed E-state index contributed by atoms with van der Waals surface area (Å²) >= 11 is 1.70. The van der Waals surface area contributed by atoms with Crippen LogP contribution in [0.2, 0.25) is 0 Å². The summed E-state index contributed by atoms with van der Waals surface area (Å²) in [6.07, 6.45) is 4.00. The van der Waals surface area contributed by atoms with Gasteiger partial charge in [-0.15, -0.1) is 11.8 Å². The second kappa shape index (κ2) is 7.74. The zero-order valence-corrected chi connectivity index (χ0v) is 15.3. The molecule has 25 heavy (non-hydrogen) atoms. The molecule has 4 nitrogen and oxygen atoms in total. The van der Waals surface area contributed by atoms with E-state index in [1.54, 1.807) is 48.0 Å². The third-order valence-electron chi connectivity index (χ3n) is 4.27. The number of benzene rings is 2. The maximum absolute atomic E-state index is 12.6. The molecule has 1 saturated carbocycles. The molecule has 2 amide bonds. The summed E-state index contributed by atoms with van der Waals surface area (Å²) in [5.41, 5.74) is 2.46. The number of carbonyl (C=O) groups is 2. The Bertz CT molecular complexity index is 752. The summed E-state index contributed by atoms with van der Waals surface area (Å²) < 4.78 is 0. The Labute approximate surface area is 152 Å². The first-order valence-corrected chi connectivity index (χ1v) is 9.58. The fraction of sp³-hybridized carbons (Fsp3) is 0.300. The molecule has 0 heterocycles. The molecule has 1 aliphatic rings. The summed E-state index contributed by atoms with van der Waals surface area (Å²) in [6, 6.07) is 15.3. The van der Waals surface area contributed by atoms with E-state index in [1.165, 1.54) is 4.90 Å². The Morgan fingerprint density at radius 3 is 2.28 bits per heavy atom. The van der Waals surface area contributed by atoms with E-state index in [0.717, 1.165) is 24.1 Å². The lowest BCUT2D eigenvalue weighted by Crippen LogP contribution is -2.26. The Hall–Kier alpha value is -2.27. The maximum atomic E-state index is 12.6. The molecule has 0 radical (unpaired) electrons. The van der Waals surface area contributed by atoms with Gasteiger partial charge < -0.3 is 10.2 Å². The molecule has 0 aliphatic heterocycles. The number of hydrogen-bond donors (Lipinski definition) is 1. The Morgan fingerprint density at radius 1 is 1.08 bits per heavy atom. The van der Waals surface area contributed by atoms with E-state index in [1.807, 2.05) is 18.4 Å². The number of anilines is 1. The highest BCUT2D eigenvalue weighted by molar-refractivity contribution is 7.98. The van der Waals surface area contributed by atoms with Gasteiger partial charge in [-0.2, -0.15) is 0 Å². The summed E-state index contributed by atoms with van der Waals surface area (Å²) in [7, 11) is 1.80. The number of amides is 2. The van der Waals surface area contributed by atoms with Crippen molar-refractivity contribution in [1.82, 2.24) is 4.90 Å². The summed E-state index contributed by atoms with van der Waals surface area (Å²) in [5.74, 6) is 0.212. The highest BCUT2D eigenvalue weighted by atomic mass is 32.2. The van der Waals surface area contributed by atoms with Crippen LogP contribution in [0.4, 0.5) is 5.69 Å². The predicted molar refractivity (Wildman–Crippen MR) is 102 cm³/mol. The van der Waals surface area contributed by atoms with Gasteiger partial charge in [0.1, 0.15) is 0 Å². The van der Waals surface area contributed by atoms with E-state index < -0.39 is 0 Å². The molecule has 0 saturated heterocycles. The van der Waals surface area contributed by atoms with Gasteiger partial charge in [-0.05, 0) is 61.1 Å². The van der Waals surface area contributed by atoms with Crippen molar-refractivity contribution < 1.29 is 9.59 Å². The zero-order chi connectivity index (χ0) is 17.8. The molecular weight excluding hydrogens is 332 g/mol. The van der Waals surface area contributed by atoms with Gasteiger partial charge in [-0.1, -0.05) is 12.1 Å². The van der Waals surface area contributed by atoms with Gasteiger partial charge in [-0.25, -0.2) is 0 Å². The number of thioether (sulfide) groups is 1. The van der Waals surface area contributed by atoms with Crippen molar-refractivity contribution in [2.45, 2.75) is 24.3 Å². The van der Waals surface area contributed by atoms with E-state index in [4.69, 9.17) is 0 Å².